The molecule has 24 heavy (non-hydrogen) atoms. The van der Waals surface area contributed by atoms with Crippen LogP contribution in [-0.4, -0.2) is 35.7 Å². The Kier molecular flexibility index (Phi) is 3.27. The van der Waals surface area contributed by atoms with Crippen LogP contribution in [0.25, 0.3) is 0 Å². The first-order valence-corrected chi connectivity index (χ1v) is 7.64. The summed E-state index contributed by atoms with van der Waals surface area (Å²) in [7, 11) is 0. The molecule has 1 aromatic carbocycles. The highest BCUT2D eigenvalue weighted by Gasteiger charge is 2.65. The van der Waals surface area contributed by atoms with Gasteiger partial charge < -0.3 is 9.84 Å². The SMILES string of the molecule is O=C1[C@@H]2C3OC(CC3CO)[C@@H]2C(=O)N1c1cccc(C(F)(F)F)c1. The molecule has 128 valence electrons. The number of carbonyl (C=O) groups is 2. The van der Waals surface area contributed by atoms with Crippen molar-refractivity contribution in [3.05, 3.63) is 29.8 Å². The summed E-state index contributed by atoms with van der Waals surface area (Å²) in [6, 6.07) is 4.19. The van der Waals surface area contributed by atoms with E-state index in [1.807, 2.05) is 0 Å². The van der Waals surface area contributed by atoms with Crippen LogP contribution in [0.15, 0.2) is 24.3 Å². The van der Waals surface area contributed by atoms with Gasteiger partial charge in [0.05, 0.1) is 35.3 Å². The molecule has 3 unspecified atom stereocenters. The molecule has 1 aromatic rings. The third-order valence-corrected chi connectivity index (χ3v) is 5.15. The van der Waals surface area contributed by atoms with Gasteiger partial charge in [-0.15, -0.1) is 0 Å². The fraction of sp³-hybridized carbons (Fsp3) is 0.500. The molecule has 4 rings (SSSR count). The van der Waals surface area contributed by atoms with E-state index in [-0.39, 0.29) is 18.2 Å². The second-order valence-electron chi connectivity index (χ2n) is 6.43. The number of hydrogen-bond donors (Lipinski definition) is 1. The second kappa shape index (κ2) is 5.03. The number of nitrogens with zero attached hydrogens (tertiary/aromatic N) is 1. The molecule has 1 N–H and O–H groups in total. The molecule has 2 bridgehead atoms. The van der Waals surface area contributed by atoms with Crippen LogP contribution in [0.5, 0.6) is 0 Å². The van der Waals surface area contributed by atoms with Crippen molar-refractivity contribution in [1.82, 2.24) is 0 Å². The lowest BCUT2D eigenvalue weighted by Crippen LogP contribution is -2.37. The summed E-state index contributed by atoms with van der Waals surface area (Å²) >= 11 is 0. The highest BCUT2D eigenvalue weighted by Crippen LogP contribution is 2.51. The predicted octanol–water partition coefficient (Wildman–Crippen LogP) is 1.59. The largest absolute Gasteiger partial charge is 0.416 e. The second-order valence-corrected chi connectivity index (χ2v) is 6.43. The van der Waals surface area contributed by atoms with E-state index >= 15 is 0 Å². The molecule has 5 nitrogen and oxygen atoms in total. The number of alkyl halides is 3. The van der Waals surface area contributed by atoms with E-state index in [0.717, 1.165) is 17.0 Å². The van der Waals surface area contributed by atoms with Crippen LogP contribution in [0.2, 0.25) is 0 Å². The van der Waals surface area contributed by atoms with Crippen molar-refractivity contribution >= 4 is 17.5 Å². The summed E-state index contributed by atoms with van der Waals surface area (Å²) in [5.74, 6) is -2.67. The van der Waals surface area contributed by atoms with Gasteiger partial charge in [0.2, 0.25) is 11.8 Å². The molecule has 8 heteroatoms. The molecule has 0 spiro atoms. The number of aliphatic hydroxyl groups excluding tert-OH is 1. The molecule has 0 saturated carbocycles. The maximum absolute atomic E-state index is 12.9. The van der Waals surface area contributed by atoms with Crippen LogP contribution < -0.4 is 4.90 Å². The van der Waals surface area contributed by atoms with Crippen molar-refractivity contribution in [3.8, 4) is 0 Å². The van der Waals surface area contributed by atoms with E-state index in [9.17, 15) is 27.9 Å². The molecular weight excluding hydrogens is 327 g/mol. The Morgan fingerprint density at radius 3 is 2.58 bits per heavy atom. The molecule has 0 aromatic heterocycles. The standard InChI is InChI=1S/C16H14F3NO4/c17-16(18,19)8-2-1-3-9(5-8)20-14(22)11-10-4-7(6-21)13(24-10)12(11)15(20)23/h1-3,5,7,10-13,21H,4,6H2/t7?,10?,11-,12-,13?/m0/s1. The molecule has 3 aliphatic heterocycles. The Balaban J connectivity index is 1.69. The summed E-state index contributed by atoms with van der Waals surface area (Å²) in [4.78, 5) is 26.1. The first-order valence-electron chi connectivity index (χ1n) is 7.64. The third kappa shape index (κ3) is 2.02. The molecule has 0 aliphatic carbocycles. The topological polar surface area (TPSA) is 66.8 Å². The van der Waals surface area contributed by atoms with Crippen molar-refractivity contribution < 1.29 is 32.6 Å². The van der Waals surface area contributed by atoms with Gasteiger partial charge in [0.25, 0.3) is 0 Å². The minimum absolute atomic E-state index is 0.0748. The summed E-state index contributed by atoms with van der Waals surface area (Å²) < 4.78 is 44.3. The van der Waals surface area contributed by atoms with E-state index in [1.54, 1.807) is 0 Å². The molecule has 3 saturated heterocycles. The lowest BCUT2D eigenvalue weighted by molar-refractivity contribution is -0.137. The van der Waals surface area contributed by atoms with Crippen molar-refractivity contribution in [1.29, 1.82) is 0 Å². The minimum atomic E-state index is -4.55. The average molecular weight is 341 g/mol. The lowest BCUT2D eigenvalue weighted by Gasteiger charge is -2.23. The minimum Gasteiger partial charge on any atom is -0.396 e. The molecular formula is C16H14F3NO4. The highest BCUT2D eigenvalue weighted by atomic mass is 19.4. The van der Waals surface area contributed by atoms with E-state index in [0.29, 0.717) is 6.42 Å². The summed E-state index contributed by atoms with van der Waals surface area (Å²) in [6.45, 7) is -0.143. The zero-order chi connectivity index (χ0) is 17.2. The van der Waals surface area contributed by atoms with Gasteiger partial charge >= 0.3 is 6.18 Å². The van der Waals surface area contributed by atoms with Crippen LogP contribution >= 0.6 is 0 Å². The monoisotopic (exact) mass is 341 g/mol. The molecule has 5 atom stereocenters. The predicted molar refractivity (Wildman–Crippen MR) is 74.8 cm³/mol. The first kappa shape index (κ1) is 15.6. The number of benzene rings is 1. The van der Waals surface area contributed by atoms with Gasteiger partial charge in [-0.1, -0.05) is 6.07 Å². The van der Waals surface area contributed by atoms with E-state index < -0.39 is 47.6 Å². The van der Waals surface area contributed by atoms with Crippen molar-refractivity contribution in [2.45, 2.75) is 24.8 Å². The van der Waals surface area contributed by atoms with Crippen LogP contribution in [0.4, 0.5) is 18.9 Å². The molecule has 3 heterocycles. The number of ether oxygens (including phenoxy) is 1. The zero-order valence-electron chi connectivity index (χ0n) is 12.4. The lowest BCUT2D eigenvalue weighted by atomic mass is 9.75. The Morgan fingerprint density at radius 1 is 1.21 bits per heavy atom. The Labute approximate surface area is 135 Å². The molecule has 3 aliphatic rings. The van der Waals surface area contributed by atoms with Gasteiger partial charge in [-0.3, -0.25) is 9.59 Å². The fourth-order valence-electron chi connectivity index (χ4n) is 4.11. The van der Waals surface area contributed by atoms with Crippen LogP contribution in [0, 0.1) is 17.8 Å². The maximum Gasteiger partial charge on any atom is 0.416 e. The summed E-state index contributed by atoms with van der Waals surface area (Å²) in [5.41, 5.74) is -0.987. The first-order chi connectivity index (χ1) is 11.3. The van der Waals surface area contributed by atoms with E-state index in [1.165, 1.54) is 12.1 Å². The Bertz CT molecular complexity index is 720. The molecule has 0 radical (unpaired) electrons. The van der Waals surface area contributed by atoms with Gasteiger partial charge in [-0.05, 0) is 24.6 Å². The number of halogens is 3. The zero-order valence-corrected chi connectivity index (χ0v) is 12.4. The van der Waals surface area contributed by atoms with Gasteiger partial charge in [-0.2, -0.15) is 13.2 Å². The van der Waals surface area contributed by atoms with Gasteiger partial charge in [-0.25, -0.2) is 4.90 Å². The van der Waals surface area contributed by atoms with Gasteiger partial charge in [0.15, 0.2) is 0 Å². The Hall–Kier alpha value is -1.93. The normalized spacial score (nSPS) is 35.0. The van der Waals surface area contributed by atoms with Crippen LogP contribution in [0.1, 0.15) is 12.0 Å². The van der Waals surface area contributed by atoms with Crippen molar-refractivity contribution in [2.75, 3.05) is 11.5 Å². The van der Waals surface area contributed by atoms with Crippen LogP contribution in [0.3, 0.4) is 0 Å². The number of amides is 2. The fourth-order valence-corrected chi connectivity index (χ4v) is 4.11. The number of fused-ring (bicyclic) bond motifs is 5. The molecule has 3 fully saturated rings. The number of aliphatic hydroxyl groups is 1. The van der Waals surface area contributed by atoms with Crippen LogP contribution in [-0.2, 0) is 20.5 Å². The maximum atomic E-state index is 12.9. The van der Waals surface area contributed by atoms with Crippen molar-refractivity contribution in [3.63, 3.8) is 0 Å². The van der Waals surface area contributed by atoms with Gasteiger partial charge in [0.1, 0.15) is 0 Å². The smallest absolute Gasteiger partial charge is 0.396 e. The number of hydrogen-bond acceptors (Lipinski definition) is 4. The summed E-state index contributed by atoms with van der Waals surface area (Å²) in [6.07, 6.45) is -5.07. The molecule has 2 amide bonds. The number of imide groups is 1. The van der Waals surface area contributed by atoms with Gasteiger partial charge in [0, 0.05) is 12.5 Å². The van der Waals surface area contributed by atoms with E-state index in [2.05, 4.69) is 0 Å². The summed E-state index contributed by atoms with van der Waals surface area (Å²) in [5, 5.41) is 9.35. The van der Waals surface area contributed by atoms with E-state index in [4.69, 9.17) is 4.74 Å². The third-order valence-electron chi connectivity index (χ3n) is 5.15. The highest BCUT2D eigenvalue weighted by molar-refractivity contribution is 6.22. The average Bonchev–Trinajstić information content (AvgIpc) is 3.18. The van der Waals surface area contributed by atoms with Crippen molar-refractivity contribution in [2.24, 2.45) is 17.8 Å². The Morgan fingerprint density at radius 2 is 1.92 bits per heavy atom. The number of rotatable bonds is 2. The number of anilines is 1. The number of carbonyl (C=O) groups excluding carboxylic acids is 2. The quantitative estimate of drug-likeness (QED) is 0.830.